The molecule has 0 rings (SSSR count). The van der Waals surface area contributed by atoms with Crippen LogP contribution in [-0.2, 0) is 19.2 Å². The molecule has 3 amide bonds. The molecule has 0 spiro atoms. The summed E-state index contributed by atoms with van der Waals surface area (Å²) in [5.74, 6) is -0.650. The first-order chi connectivity index (χ1) is 12.6. The molecule has 0 aromatic rings. The fourth-order valence-electron chi connectivity index (χ4n) is 2.81. The second-order valence-electron chi connectivity index (χ2n) is 7.97. The molecule has 0 saturated carbocycles. The van der Waals surface area contributed by atoms with Crippen LogP contribution in [0.4, 0.5) is 0 Å². The third kappa shape index (κ3) is 11.4. The van der Waals surface area contributed by atoms with Crippen LogP contribution in [-0.4, -0.2) is 42.1 Å². The number of hydrogen-bond donors (Lipinski definition) is 3. The molecule has 0 unspecified atom stereocenters. The summed E-state index contributed by atoms with van der Waals surface area (Å²) >= 11 is 0. The van der Waals surface area contributed by atoms with Gasteiger partial charge in [-0.25, -0.2) is 0 Å². The van der Waals surface area contributed by atoms with Crippen LogP contribution in [0.15, 0.2) is 0 Å². The predicted molar refractivity (Wildman–Crippen MR) is 106 cm³/mol. The Morgan fingerprint density at radius 2 is 1.33 bits per heavy atom. The van der Waals surface area contributed by atoms with Gasteiger partial charge in [0, 0.05) is 6.92 Å². The maximum absolute atomic E-state index is 12.7. The summed E-state index contributed by atoms with van der Waals surface area (Å²) in [6.45, 7) is 11.2. The van der Waals surface area contributed by atoms with E-state index in [-0.39, 0.29) is 29.6 Å². The van der Waals surface area contributed by atoms with E-state index in [2.05, 4.69) is 16.0 Å². The van der Waals surface area contributed by atoms with Crippen molar-refractivity contribution in [2.45, 2.75) is 91.8 Å². The van der Waals surface area contributed by atoms with Crippen molar-refractivity contribution in [3.63, 3.8) is 0 Å². The van der Waals surface area contributed by atoms with Crippen molar-refractivity contribution in [1.29, 1.82) is 0 Å². The van der Waals surface area contributed by atoms with Crippen molar-refractivity contribution in [2.75, 3.05) is 0 Å². The first-order valence-electron chi connectivity index (χ1n) is 9.93. The van der Waals surface area contributed by atoms with Crippen LogP contribution >= 0.6 is 0 Å². The van der Waals surface area contributed by atoms with Crippen LogP contribution in [0.25, 0.3) is 0 Å². The zero-order valence-electron chi connectivity index (χ0n) is 17.6. The Balaban J connectivity index is 5.14. The molecule has 0 saturated heterocycles. The standard InChI is InChI=1S/C20H37N3O4/c1-7-8-9-16(12-24)22-19(26)18(11-14(4)5)23-20(27)17(10-13(2)3)21-15(6)25/h12-14,16-18H,7-11H2,1-6H3,(H,21,25)(H,22,26)(H,23,27)/t16-,17+,18-/m1/s1. The molecule has 3 atom stereocenters. The molecule has 0 aromatic carbocycles. The van der Waals surface area contributed by atoms with Gasteiger partial charge in [0.05, 0.1) is 6.04 Å². The summed E-state index contributed by atoms with van der Waals surface area (Å²) in [4.78, 5) is 47.9. The van der Waals surface area contributed by atoms with Crippen molar-refractivity contribution in [1.82, 2.24) is 16.0 Å². The second-order valence-corrected chi connectivity index (χ2v) is 7.97. The van der Waals surface area contributed by atoms with Gasteiger partial charge in [-0.1, -0.05) is 47.5 Å². The second kappa shape index (κ2) is 13.3. The number of nitrogens with one attached hydrogen (secondary N) is 3. The first kappa shape index (κ1) is 25.1. The third-order valence-corrected chi connectivity index (χ3v) is 4.10. The van der Waals surface area contributed by atoms with Gasteiger partial charge in [-0.3, -0.25) is 14.4 Å². The lowest BCUT2D eigenvalue weighted by Gasteiger charge is -2.25. The summed E-state index contributed by atoms with van der Waals surface area (Å²) in [5.41, 5.74) is 0. The fourth-order valence-corrected chi connectivity index (χ4v) is 2.81. The summed E-state index contributed by atoms with van der Waals surface area (Å²) < 4.78 is 0. The van der Waals surface area contributed by atoms with Gasteiger partial charge < -0.3 is 20.7 Å². The molecule has 0 heterocycles. The molecule has 0 aliphatic carbocycles. The van der Waals surface area contributed by atoms with Gasteiger partial charge >= 0.3 is 0 Å². The van der Waals surface area contributed by atoms with Crippen molar-refractivity contribution in [3.05, 3.63) is 0 Å². The highest BCUT2D eigenvalue weighted by Crippen LogP contribution is 2.09. The molecule has 3 N–H and O–H groups in total. The first-order valence-corrected chi connectivity index (χ1v) is 9.93. The van der Waals surface area contributed by atoms with Crippen LogP contribution in [0, 0.1) is 11.8 Å². The minimum absolute atomic E-state index is 0.177. The molecule has 7 heteroatoms. The molecular weight excluding hydrogens is 346 g/mol. The van der Waals surface area contributed by atoms with Crippen molar-refractivity contribution < 1.29 is 19.2 Å². The number of rotatable bonds is 13. The van der Waals surface area contributed by atoms with Gasteiger partial charge in [0.25, 0.3) is 0 Å². The Hall–Kier alpha value is -1.92. The molecule has 0 fully saturated rings. The van der Waals surface area contributed by atoms with Gasteiger partial charge in [0.2, 0.25) is 17.7 Å². The highest BCUT2D eigenvalue weighted by Gasteiger charge is 2.28. The van der Waals surface area contributed by atoms with Gasteiger partial charge in [-0.05, 0) is 31.1 Å². The van der Waals surface area contributed by atoms with Crippen molar-refractivity contribution in [2.24, 2.45) is 11.8 Å². The van der Waals surface area contributed by atoms with Crippen LogP contribution in [0.3, 0.4) is 0 Å². The van der Waals surface area contributed by atoms with E-state index in [9.17, 15) is 19.2 Å². The highest BCUT2D eigenvalue weighted by atomic mass is 16.2. The smallest absolute Gasteiger partial charge is 0.243 e. The number of unbranched alkanes of at least 4 members (excludes halogenated alkanes) is 1. The minimum atomic E-state index is -0.745. The van der Waals surface area contributed by atoms with Gasteiger partial charge in [0.1, 0.15) is 18.4 Å². The zero-order chi connectivity index (χ0) is 21.0. The van der Waals surface area contributed by atoms with Gasteiger partial charge in [-0.2, -0.15) is 0 Å². The number of hydrogen-bond acceptors (Lipinski definition) is 4. The van der Waals surface area contributed by atoms with E-state index in [0.29, 0.717) is 19.3 Å². The van der Waals surface area contributed by atoms with E-state index in [1.165, 1.54) is 6.92 Å². The SMILES string of the molecule is CCCC[C@H](C=O)NC(=O)[C@@H](CC(C)C)NC(=O)[C@H](CC(C)C)NC(C)=O. The van der Waals surface area contributed by atoms with Crippen LogP contribution in [0.2, 0.25) is 0 Å². The highest BCUT2D eigenvalue weighted by molar-refractivity contribution is 5.92. The summed E-state index contributed by atoms with van der Waals surface area (Å²) in [6.07, 6.45) is 4.01. The van der Waals surface area contributed by atoms with E-state index in [1.54, 1.807) is 0 Å². The Morgan fingerprint density at radius 3 is 1.74 bits per heavy atom. The lowest BCUT2D eigenvalue weighted by atomic mass is 9.99. The lowest BCUT2D eigenvalue weighted by Crippen LogP contribution is -2.55. The third-order valence-electron chi connectivity index (χ3n) is 4.10. The van der Waals surface area contributed by atoms with E-state index in [4.69, 9.17) is 0 Å². The minimum Gasteiger partial charge on any atom is -0.345 e. The Morgan fingerprint density at radius 1 is 0.852 bits per heavy atom. The average Bonchev–Trinajstić information content (AvgIpc) is 2.55. The van der Waals surface area contributed by atoms with E-state index >= 15 is 0 Å². The van der Waals surface area contributed by atoms with Crippen molar-refractivity contribution in [3.8, 4) is 0 Å². The summed E-state index contributed by atoms with van der Waals surface area (Å²) in [5, 5.41) is 8.14. The largest absolute Gasteiger partial charge is 0.345 e. The molecule has 0 aromatic heterocycles. The zero-order valence-corrected chi connectivity index (χ0v) is 17.6. The van der Waals surface area contributed by atoms with Crippen LogP contribution < -0.4 is 16.0 Å². The average molecular weight is 384 g/mol. The number of amides is 3. The Kier molecular flexibility index (Phi) is 12.3. The van der Waals surface area contributed by atoms with E-state index < -0.39 is 18.1 Å². The molecule has 0 radical (unpaired) electrons. The normalized spacial score (nSPS) is 14.4. The van der Waals surface area contributed by atoms with Crippen LogP contribution in [0.1, 0.15) is 73.6 Å². The number of carbonyl (C=O) groups is 4. The number of aldehydes is 1. The molecular formula is C20H37N3O4. The monoisotopic (exact) mass is 383 g/mol. The van der Waals surface area contributed by atoms with Gasteiger partial charge in [0.15, 0.2) is 0 Å². The van der Waals surface area contributed by atoms with Crippen LogP contribution in [0.5, 0.6) is 0 Å². The van der Waals surface area contributed by atoms with E-state index in [0.717, 1.165) is 19.1 Å². The topological polar surface area (TPSA) is 104 Å². The number of carbonyl (C=O) groups excluding carboxylic acids is 4. The molecule has 0 aliphatic heterocycles. The van der Waals surface area contributed by atoms with Crippen molar-refractivity contribution >= 4 is 24.0 Å². The molecule has 156 valence electrons. The molecule has 27 heavy (non-hydrogen) atoms. The maximum atomic E-state index is 12.7. The quantitative estimate of drug-likeness (QED) is 0.423. The maximum Gasteiger partial charge on any atom is 0.243 e. The van der Waals surface area contributed by atoms with Gasteiger partial charge in [-0.15, -0.1) is 0 Å². The Labute approximate surface area is 163 Å². The molecule has 7 nitrogen and oxygen atoms in total. The lowest BCUT2D eigenvalue weighted by molar-refractivity contribution is -0.133. The van der Waals surface area contributed by atoms with E-state index in [1.807, 2.05) is 34.6 Å². The fraction of sp³-hybridized carbons (Fsp3) is 0.800. The predicted octanol–water partition coefficient (Wildman–Crippen LogP) is 1.94. The molecule has 0 bridgehead atoms. The summed E-state index contributed by atoms with van der Waals surface area (Å²) in [6, 6.07) is -1.98. The molecule has 0 aliphatic rings. The summed E-state index contributed by atoms with van der Waals surface area (Å²) in [7, 11) is 0. The Bertz CT molecular complexity index is 492.